The molecule has 5 heteroatoms. The average molecular weight is 458 g/mol. The molecule has 5 nitrogen and oxygen atoms in total. The zero-order valence-electron chi connectivity index (χ0n) is 19.9. The fourth-order valence-electron chi connectivity index (χ4n) is 4.83. The lowest BCUT2D eigenvalue weighted by atomic mass is 9.99. The maximum atomic E-state index is 6.00. The first-order chi connectivity index (χ1) is 16.8. The number of morpholine rings is 1. The van der Waals surface area contributed by atoms with Crippen molar-refractivity contribution in [2.45, 2.75) is 6.54 Å². The molecule has 2 aliphatic heterocycles. The molecular formula is C29H35N3O2. The number of nitrogens with zero attached hydrogens (tertiary/aromatic N) is 3. The summed E-state index contributed by atoms with van der Waals surface area (Å²) < 4.78 is 11.4. The highest BCUT2D eigenvalue weighted by Gasteiger charge is 2.18. The molecule has 2 aliphatic rings. The highest BCUT2D eigenvalue weighted by molar-refractivity contribution is 5.68. The summed E-state index contributed by atoms with van der Waals surface area (Å²) in [5, 5.41) is 0. The molecule has 0 N–H and O–H groups in total. The van der Waals surface area contributed by atoms with Gasteiger partial charge in [0, 0.05) is 58.0 Å². The summed E-state index contributed by atoms with van der Waals surface area (Å²) in [4.78, 5) is 7.45. The predicted molar refractivity (Wildman–Crippen MR) is 139 cm³/mol. The molecule has 0 radical (unpaired) electrons. The number of hydrogen-bond donors (Lipinski definition) is 0. The van der Waals surface area contributed by atoms with Crippen LogP contribution in [0.5, 0.6) is 5.75 Å². The van der Waals surface area contributed by atoms with Crippen LogP contribution >= 0.6 is 0 Å². The minimum atomic E-state index is 0.713. The van der Waals surface area contributed by atoms with E-state index in [0.29, 0.717) is 6.61 Å². The smallest absolute Gasteiger partial charge is 0.119 e. The average Bonchev–Trinajstić information content (AvgIpc) is 2.91. The maximum Gasteiger partial charge on any atom is 0.119 e. The summed E-state index contributed by atoms with van der Waals surface area (Å²) in [6.45, 7) is 10.6. The normalized spacial score (nSPS) is 17.6. The topological polar surface area (TPSA) is 28.2 Å². The lowest BCUT2D eigenvalue weighted by molar-refractivity contribution is 0.0322. The molecule has 0 saturated carbocycles. The molecule has 5 rings (SSSR count). The van der Waals surface area contributed by atoms with E-state index in [1.165, 1.54) is 22.4 Å². The van der Waals surface area contributed by atoms with Gasteiger partial charge in [-0.25, -0.2) is 0 Å². The SMILES string of the molecule is c1ccc(N2CCN(Cc3ccccc3-c3ccc(OCCN4CCOCC4)cc3)CC2)cc1. The molecule has 0 aromatic heterocycles. The quantitative estimate of drug-likeness (QED) is 0.500. The minimum absolute atomic E-state index is 0.713. The molecule has 2 heterocycles. The van der Waals surface area contributed by atoms with Gasteiger partial charge in [-0.1, -0.05) is 54.6 Å². The number of rotatable bonds is 8. The van der Waals surface area contributed by atoms with E-state index in [-0.39, 0.29) is 0 Å². The van der Waals surface area contributed by atoms with E-state index in [4.69, 9.17) is 9.47 Å². The van der Waals surface area contributed by atoms with E-state index in [1.807, 2.05) is 0 Å². The van der Waals surface area contributed by atoms with Crippen LogP contribution in [-0.2, 0) is 11.3 Å². The van der Waals surface area contributed by atoms with Crippen LogP contribution in [0.4, 0.5) is 5.69 Å². The third kappa shape index (κ3) is 5.98. The Hall–Kier alpha value is -2.86. The third-order valence-electron chi connectivity index (χ3n) is 6.85. The van der Waals surface area contributed by atoms with Gasteiger partial charge in [0.15, 0.2) is 0 Å². The predicted octanol–water partition coefficient (Wildman–Crippen LogP) is 4.39. The summed E-state index contributed by atoms with van der Waals surface area (Å²) in [5.41, 5.74) is 5.28. The number of piperazine rings is 1. The van der Waals surface area contributed by atoms with Crippen LogP contribution in [0.1, 0.15) is 5.56 Å². The number of benzene rings is 3. The second-order valence-corrected chi connectivity index (χ2v) is 9.08. The molecule has 0 atom stereocenters. The van der Waals surface area contributed by atoms with Crippen molar-refractivity contribution in [3.05, 3.63) is 84.4 Å². The molecule has 0 aliphatic carbocycles. The Balaban J connectivity index is 1.16. The standard InChI is InChI=1S/C29H35N3O2/c1-2-7-27(8-3-1)32-16-14-31(15-17-32)24-26-6-4-5-9-29(26)25-10-12-28(13-11-25)34-23-20-30-18-21-33-22-19-30/h1-13H,14-24H2. The Labute approximate surface area is 203 Å². The van der Waals surface area contributed by atoms with E-state index in [1.54, 1.807) is 0 Å². The van der Waals surface area contributed by atoms with Gasteiger partial charge in [-0.3, -0.25) is 9.80 Å². The van der Waals surface area contributed by atoms with Crippen molar-refractivity contribution in [1.82, 2.24) is 9.80 Å². The molecule has 3 aromatic rings. The van der Waals surface area contributed by atoms with Crippen molar-refractivity contribution >= 4 is 5.69 Å². The summed E-state index contributed by atoms with van der Waals surface area (Å²) >= 11 is 0. The lowest BCUT2D eigenvalue weighted by Gasteiger charge is -2.36. The lowest BCUT2D eigenvalue weighted by Crippen LogP contribution is -2.46. The molecule has 0 unspecified atom stereocenters. The second-order valence-electron chi connectivity index (χ2n) is 9.08. The van der Waals surface area contributed by atoms with Crippen LogP contribution in [0, 0.1) is 0 Å². The van der Waals surface area contributed by atoms with Crippen LogP contribution < -0.4 is 9.64 Å². The van der Waals surface area contributed by atoms with Crippen molar-refractivity contribution in [3.63, 3.8) is 0 Å². The Bertz CT molecular complexity index is 1010. The summed E-state index contributed by atoms with van der Waals surface area (Å²) in [7, 11) is 0. The summed E-state index contributed by atoms with van der Waals surface area (Å²) in [6, 6.07) is 28.1. The zero-order valence-corrected chi connectivity index (χ0v) is 19.9. The first kappa shape index (κ1) is 22.9. The Morgan fingerprint density at radius 2 is 1.38 bits per heavy atom. The van der Waals surface area contributed by atoms with Crippen molar-refractivity contribution < 1.29 is 9.47 Å². The van der Waals surface area contributed by atoms with Gasteiger partial charge < -0.3 is 14.4 Å². The van der Waals surface area contributed by atoms with E-state index in [9.17, 15) is 0 Å². The van der Waals surface area contributed by atoms with Crippen molar-refractivity contribution in [1.29, 1.82) is 0 Å². The molecule has 0 spiro atoms. The number of para-hydroxylation sites is 1. The molecule has 178 valence electrons. The first-order valence-corrected chi connectivity index (χ1v) is 12.5. The number of ether oxygens (including phenoxy) is 2. The van der Waals surface area contributed by atoms with E-state index in [0.717, 1.165) is 71.3 Å². The van der Waals surface area contributed by atoms with Crippen molar-refractivity contribution in [2.24, 2.45) is 0 Å². The Morgan fingerprint density at radius 3 is 2.15 bits per heavy atom. The highest BCUT2D eigenvalue weighted by atomic mass is 16.5. The Kier molecular flexibility index (Phi) is 7.76. The van der Waals surface area contributed by atoms with Crippen molar-refractivity contribution in [3.8, 4) is 16.9 Å². The van der Waals surface area contributed by atoms with E-state index < -0.39 is 0 Å². The third-order valence-corrected chi connectivity index (χ3v) is 6.85. The number of hydrogen-bond acceptors (Lipinski definition) is 5. The molecule has 0 bridgehead atoms. The maximum absolute atomic E-state index is 6.00. The van der Waals surface area contributed by atoms with Crippen molar-refractivity contribution in [2.75, 3.05) is 70.5 Å². The van der Waals surface area contributed by atoms with Gasteiger partial charge in [0.1, 0.15) is 12.4 Å². The molecule has 2 fully saturated rings. The number of anilines is 1. The molecule has 3 aromatic carbocycles. The second kappa shape index (κ2) is 11.5. The van der Waals surface area contributed by atoms with Crippen LogP contribution in [0.25, 0.3) is 11.1 Å². The zero-order chi connectivity index (χ0) is 23.0. The molecule has 2 saturated heterocycles. The van der Waals surface area contributed by atoms with Gasteiger partial charge in [0.25, 0.3) is 0 Å². The van der Waals surface area contributed by atoms with Gasteiger partial charge >= 0.3 is 0 Å². The first-order valence-electron chi connectivity index (χ1n) is 12.5. The summed E-state index contributed by atoms with van der Waals surface area (Å²) in [6.07, 6.45) is 0. The van der Waals surface area contributed by atoms with Gasteiger partial charge in [-0.15, -0.1) is 0 Å². The minimum Gasteiger partial charge on any atom is -0.492 e. The molecule has 0 amide bonds. The van der Waals surface area contributed by atoms with Gasteiger partial charge in [0.2, 0.25) is 0 Å². The van der Waals surface area contributed by atoms with E-state index >= 15 is 0 Å². The Morgan fingerprint density at radius 1 is 0.676 bits per heavy atom. The largest absolute Gasteiger partial charge is 0.492 e. The fraction of sp³-hybridized carbons (Fsp3) is 0.379. The van der Waals surface area contributed by atoms with Gasteiger partial charge in [0.05, 0.1) is 13.2 Å². The fourth-order valence-corrected chi connectivity index (χ4v) is 4.83. The highest BCUT2D eigenvalue weighted by Crippen LogP contribution is 2.27. The van der Waals surface area contributed by atoms with Gasteiger partial charge in [-0.2, -0.15) is 0 Å². The molecule has 34 heavy (non-hydrogen) atoms. The monoisotopic (exact) mass is 457 g/mol. The van der Waals surface area contributed by atoms with E-state index in [2.05, 4.69) is 93.6 Å². The van der Waals surface area contributed by atoms with Crippen LogP contribution in [0.3, 0.4) is 0 Å². The van der Waals surface area contributed by atoms with Crippen LogP contribution in [0.15, 0.2) is 78.9 Å². The van der Waals surface area contributed by atoms with Crippen LogP contribution in [-0.4, -0.2) is 75.4 Å². The van der Waals surface area contributed by atoms with Crippen LogP contribution in [0.2, 0.25) is 0 Å². The van der Waals surface area contributed by atoms with Gasteiger partial charge in [-0.05, 0) is 41.0 Å². The molecular weight excluding hydrogens is 422 g/mol. The summed E-state index contributed by atoms with van der Waals surface area (Å²) in [5.74, 6) is 0.937.